The van der Waals surface area contributed by atoms with Gasteiger partial charge in [-0.05, 0) is 37.5 Å². The molecule has 2 fully saturated rings. The van der Waals surface area contributed by atoms with Crippen LogP contribution in [0.4, 0.5) is 4.79 Å². The largest absolute Gasteiger partial charge is 0.478 e. The Kier molecular flexibility index (Phi) is 4.19. The molecule has 2 saturated carbocycles. The Balaban J connectivity index is 1.82. The summed E-state index contributed by atoms with van der Waals surface area (Å²) in [5.41, 5.74) is 0. The highest BCUT2D eigenvalue weighted by molar-refractivity contribution is 6.02. The van der Waals surface area contributed by atoms with Crippen LogP contribution < -0.4 is 5.32 Å². The second kappa shape index (κ2) is 5.86. The van der Waals surface area contributed by atoms with Gasteiger partial charge in [0, 0.05) is 25.2 Å². The second-order valence-electron chi connectivity index (χ2n) is 5.26. The van der Waals surface area contributed by atoms with E-state index in [-0.39, 0.29) is 0 Å². The Labute approximate surface area is 111 Å². The summed E-state index contributed by atoms with van der Waals surface area (Å²) in [5, 5.41) is 10.6. The van der Waals surface area contributed by atoms with Gasteiger partial charge in [-0.25, -0.2) is 9.59 Å². The molecule has 0 saturated heterocycles. The van der Waals surface area contributed by atoms with Crippen molar-refractivity contribution in [2.45, 2.75) is 25.7 Å². The molecule has 2 N–H and O–H groups in total. The fourth-order valence-electron chi connectivity index (χ4n) is 1.84. The van der Waals surface area contributed by atoms with Crippen LogP contribution in [0.5, 0.6) is 0 Å². The Morgan fingerprint density at radius 2 is 1.58 bits per heavy atom. The van der Waals surface area contributed by atoms with Crippen molar-refractivity contribution in [2.75, 3.05) is 13.1 Å². The number of imide groups is 1. The average Bonchev–Trinajstić information content (AvgIpc) is 3.20. The predicted octanol–water partition coefficient (Wildman–Crippen LogP) is 0.985. The zero-order valence-electron chi connectivity index (χ0n) is 10.7. The molecule has 0 spiro atoms. The third-order valence-corrected chi connectivity index (χ3v) is 3.25. The zero-order valence-corrected chi connectivity index (χ0v) is 10.7. The van der Waals surface area contributed by atoms with Crippen LogP contribution in [0, 0.1) is 11.8 Å². The van der Waals surface area contributed by atoms with Gasteiger partial charge in [0.25, 0.3) is 5.91 Å². The Bertz CT molecular complexity index is 397. The van der Waals surface area contributed by atoms with E-state index < -0.39 is 17.9 Å². The van der Waals surface area contributed by atoms with E-state index in [1.54, 1.807) is 4.90 Å². The van der Waals surface area contributed by atoms with E-state index in [1.165, 1.54) is 0 Å². The highest BCUT2D eigenvalue weighted by Gasteiger charge is 2.31. The van der Waals surface area contributed by atoms with E-state index in [9.17, 15) is 14.4 Å². The number of rotatable bonds is 6. The third kappa shape index (κ3) is 5.11. The number of carbonyl (C=O) groups excluding carboxylic acids is 2. The van der Waals surface area contributed by atoms with Crippen molar-refractivity contribution in [1.29, 1.82) is 0 Å². The van der Waals surface area contributed by atoms with Crippen molar-refractivity contribution >= 4 is 17.9 Å². The molecule has 0 bridgehead atoms. The number of aliphatic carboxylic acids is 1. The van der Waals surface area contributed by atoms with E-state index in [4.69, 9.17) is 5.11 Å². The molecule has 0 aromatic heterocycles. The molecule has 0 aliphatic heterocycles. The number of carboxylic acids is 1. The number of urea groups is 1. The van der Waals surface area contributed by atoms with E-state index in [2.05, 4.69) is 5.32 Å². The standard InChI is InChI=1S/C13H18N2O4/c16-11(5-6-12(17)18)14-13(19)15(7-9-1-2-9)8-10-3-4-10/h5-6,9-10H,1-4,7-8H2,(H,17,18)(H,14,16,19). The molecule has 2 aliphatic rings. The fraction of sp³-hybridized carbons (Fsp3) is 0.615. The predicted molar refractivity (Wildman–Crippen MR) is 67.3 cm³/mol. The monoisotopic (exact) mass is 266 g/mol. The first-order valence-corrected chi connectivity index (χ1v) is 6.55. The molecule has 0 aromatic carbocycles. The Morgan fingerprint density at radius 3 is 2.00 bits per heavy atom. The van der Waals surface area contributed by atoms with Gasteiger partial charge < -0.3 is 10.0 Å². The summed E-state index contributed by atoms with van der Waals surface area (Å²) in [6.45, 7) is 1.39. The number of amides is 3. The lowest BCUT2D eigenvalue weighted by Crippen LogP contribution is -2.44. The number of hydrogen-bond donors (Lipinski definition) is 2. The maximum absolute atomic E-state index is 11.9. The molecule has 19 heavy (non-hydrogen) atoms. The normalized spacial score (nSPS) is 18.3. The van der Waals surface area contributed by atoms with Gasteiger partial charge >= 0.3 is 12.0 Å². The van der Waals surface area contributed by atoms with Crippen molar-refractivity contribution in [2.24, 2.45) is 11.8 Å². The van der Waals surface area contributed by atoms with Gasteiger partial charge in [-0.15, -0.1) is 0 Å². The van der Waals surface area contributed by atoms with Crippen molar-refractivity contribution in [3.8, 4) is 0 Å². The lowest BCUT2D eigenvalue weighted by molar-refractivity contribution is -0.131. The third-order valence-electron chi connectivity index (χ3n) is 3.25. The minimum Gasteiger partial charge on any atom is -0.478 e. The molecule has 0 atom stereocenters. The topological polar surface area (TPSA) is 86.7 Å². The van der Waals surface area contributed by atoms with Gasteiger partial charge in [-0.1, -0.05) is 0 Å². The highest BCUT2D eigenvalue weighted by Crippen LogP contribution is 2.33. The number of hydrogen-bond acceptors (Lipinski definition) is 3. The average molecular weight is 266 g/mol. The van der Waals surface area contributed by atoms with Gasteiger partial charge in [0.1, 0.15) is 0 Å². The van der Waals surface area contributed by atoms with Gasteiger partial charge in [-0.3, -0.25) is 10.1 Å². The summed E-state index contributed by atoms with van der Waals surface area (Å²) in [5.74, 6) is -0.775. The highest BCUT2D eigenvalue weighted by atomic mass is 16.4. The van der Waals surface area contributed by atoms with Crippen LogP contribution in [0.15, 0.2) is 12.2 Å². The van der Waals surface area contributed by atoms with E-state index in [0.29, 0.717) is 31.0 Å². The molecule has 104 valence electrons. The summed E-state index contributed by atoms with van der Waals surface area (Å²) >= 11 is 0. The zero-order chi connectivity index (χ0) is 13.8. The van der Waals surface area contributed by atoms with Crippen molar-refractivity contribution in [3.05, 3.63) is 12.2 Å². The van der Waals surface area contributed by atoms with Crippen molar-refractivity contribution in [1.82, 2.24) is 10.2 Å². The molecule has 2 aliphatic carbocycles. The quantitative estimate of drug-likeness (QED) is 0.702. The number of nitrogens with zero attached hydrogens (tertiary/aromatic N) is 1. The van der Waals surface area contributed by atoms with Gasteiger partial charge in [0.05, 0.1) is 0 Å². The molecular weight excluding hydrogens is 248 g/mol. The molecule has 0 unspecified atom stereocenters. The summed E-state index contributed by atoms with van der Waals surface area (Å²) in [4.78, 5) is 35.2. The first kappa shape index (κ1) is 13.6. The van der Waals surface area contributed by atoms with Crippen molar-refractivity contribution in [3.63, 3.8) is 0 Å². The molecule has 6 nitrogen and oxygen atoms in total. The van der Waals surface area contributed by atoms with Crippen LogP contribution in [0.25, 0.3) is 0 Å². The maximum atomic E-state index is 11.9. The fourth-order valence-corrected chi connectivity index (χ4v) is 1.84. The van der Waals surface area contributed by atoms with Crippen LogP contribution in [-0.4, -0.2) is 41.0 Å². The minimum atomic E-state index is -1.21. The molecule has 0 heterocycles. The SMILES string of the molecule is O=C(O)C=CC(=O)NC(=O)N(CC1CC1)CC1CC1. The minimum absolute atomic E-state index is 0.418. The summed E-state index contributed by atoms with van der Waals surface area (Å²) in [6.07, 6.45) is 6.13. The Hall–Kier alpha value is -1.85. The summed E-state index contributed by atoms with van der Waals surface area (Å²) < 4.78 is 0. The van der Waals surface area contributed by atoms with Crippen LogP contribution in [-0.2, 0) is 9.59 Å². The molecule has 0 radical (unpaired) electrons. The van der Waals surface area contributed by atoms with Crippen LogP contribution >= 0.6 is 0 Å². The Morgan fingerprint density at radius 1 is 1.05 bits per heavy atom. The number of nitrogens with one attached hydrogen (secondary N) is 1. The summed E-state index contributed by atoms with van der Waals surface area (Å²) in [7, 11) is 0. The van der Waals surface area contributed by atoms with Crippen LogP contribution in [0.2, 0.25) is 0 Å². The van der Waals surface area contributed by atoms with E-state index >= 15 is 0 Å². The van der Waals surface area contributed by atoms with E-state index in [0.717, 1.165) is 31.8 Å². The first-order chi connectivity index (χ1) is 9.04. The second-order valence-corrected chi connectivity index (χ2v) is 5.26. The smallest absolute Gasteiger partial charge is 0.328 e. The molecule has 0 aromatic rings. The van der Waals surface area contributed by atoms with Crippen LogP contribution in [0.3, 0.4) is 0 Å². The van der Waals surface area contributed by atoms with Gasteiger partial charge in [0.15, 0.2) is 0 Å². The molecule has 3 amide bonds. The number of carbonyl (C=O) groups is 3. The molecule has 2 rings (SSSR count). The van der Waals surface area contributed by atoms with Crippen molar-refractivity contribution < 1.29 is 19.5 Å². The van der Waals surface area contributed by atoms with E-state index in [1.807, 2.05) is 0 Å². The number of carboxylic acid groups (broad SMARTS) is 1. The first-order valence-electron chi connectivity index (χ1n) is 6.55. The molecular formula is C13H18N2O4. The lowest BCUT2D eigenvalue weighted by Gasteiger charge is -2.22. The summed E-state index contributed by atoms with van der Waals surface area (Å²) in [6, 6.07) is -0.418. The molecule has 6 heteroatoms. The van der Waals surface area contributed by atoms with Crippen LogP contribution in [0.1, 0.15) is 25.7 Å². The van der Waals surface area contributed by atoms with Gasteiger partial charge in [0.2, 0.25) is 0 Å². The maximum Gasteiger partial charge on any atom is 0.328 e. The lowest BCUT2D eigenvalue weighted by atomic mass is 10.3. The van der Waals surface area contributed by atoms with Gasteiger partial charge in [-0.2, -0.15) is 0 Å².